The van der Waals surface area contributed by atoms with Crippen molar-refractivity contribution in [2.75, 3.05) is 5.43 Å². The number of aryl methyl sites for hydroxylation is 1. The molecular formula is C34H34FN7O3. The minimum Gasteiger partial charge on any atom is -0.465 e. The first-order valence-electron chi connectivity index (χ1n) is 14.7. The molecule has 6 rings (SSSR count). The number of nitrogens with zero attached hydrogens (tertiary/aromatic N) is 5. The fourth-order valence-electron chi connectivity index (χ4n) is 6.18. The highest BCUT2D eigenvalue weighted by molar-refractivity contribution is 5.98. The quantitative estimate of drug-likeness (QED) is 0.175. The third-order valence-electron chi connectivity index (χ3n) is 8.30. The van der Waals surface area contributed by atoms with Gasteiger partial charge in [0.05, 0.1) is 23.1 Å². The molecule has 0 aliphatic heterocycles. The number of rotatable bonds is 7. The summed E-state index contributed by atoms with van der Waals surface area (Å²) >= 11 is 0. The molecule has 0 radical (unpaired) electrons. The largest absolute Gasteiger partial charge is 0.465 e. The van der Waals surface area contributed by atoms with Gasteiger partial charge in [-0.2, -0.15) is 0 Å². The molecule has 0 spiro atoms. The van der Waals surface area contributed by atoms with Crippen LogP contribution in [0.1, 0.15) is 56.1 Å². The van der Waals surface area contributed by atoms with E-state index in [1.54, 1.807) is 47.1 Å². The minimum absolute atomic E-state index is 0.249. The van der Waals surface area contributed by atoms with Crippen LogP contribution in [0.3, 0.4) is 0 Å². The number of hydrogen-bond donors (Lipinski definition) is 3. The molecule has 0 atom stereocenters. The van der Waals surface area contributed by atoms with Gasteiger partial charge in [0, 0.05) is 41.5 Å². The van der Waals surface area contributed by atoms with Gasteiger partial charge in [-0.15, -0.1) is 0 Å². The molecule has 10 nitrogen and oxygen atoms in total. The lowest BCUT2D eigenvalue weighted by atomic mass is 9.69. The predicted molar refractivity (Wildman–Crippen MR) is 170 cm³/mol. The second kappa shape index (κ2) is 11.3. The maximum absolute atomic E-state index is 13.9. The Morgan fingerprint density at radius 3 is 2.27 bits per heavy atom. The zero-order valence-electron chi connectivity index (χ0n) is 25.5. The van der Waals surface area contributed by atoms with Crippen LogP contribution in [-0.2, 0) is 12.6 Å². The van der Waals surface area contributed by atoms with Crippen molar-refractivity contribution in [2.24, 2.45) is 7.05 Å². The van der Waals surface area contributed by atoms with E-state index in [1.165, 1.54) is 18.5 Å². The average molecular weight is 608 g/mol. The Morgan fingerprint density at radius 1 is 1.00 bits per heavy atom. The van der Waals surface area contributed by atoms with E-state index in [0.717, 1.165) is 41.5 Å². The third kappa shape index (κ3) is 5.57. The molecule has 1 aliphatic carbocycles. The van der Waals surface area contributed by atoms with E-state index >= 15 is 0 Å². The van der Waals surface area contributed by atoms with E-state index in [2.05, 4.69) is 20.8 Å². The summed E-state index contributed by atoms with van der Waals surface area (Å²) in [7, 11) is 1.78. The number of halogens is 1. The molecule has 1 aliphatic rings. The summed E-state index contributed by atoms with van der Waals surface area (Å²) in [6.45, 7) is 5.77. The van der Waals surface area contributed by atoms with Gasteiger partial charge in [-0.25, -0.2) is 24.1 Å². The van der Waals surface area contributed by atoms with E-state index < -0.39 is 23.1 Å². The van der Waals surface area contributed by atoms with Gasteiger partial charge in [0.1, 0.15) is 11.5 Å². The Morgan fingerprint density at radius 2 is 1.69 bits per heavy atom. The molecule has 2 amide bonds. The average Bonchev–Trinajstić information content (AvgIpc) is 3.43. The monoisotopic (exact) mass is 607 g/mol. The molecule has 0 saturated heterocycles. The lowest BCUT2D eigenvalue weighted by Crippen LogP contribution is -2.60. The predicted octanol–water partition coefficient (Wildman–Crippen LogP) is 6.75. The van der Waals surface area contributed by atoms with Crippen LogP contribution in [0.15, 0.2) is 79.4 Å². The Labute approximate surface area is 259 Å². The van der Waals surface area contributed by atoms with Crippen molar-refractivity contribution in [1.82, 2.24) is 29.8 Å². The molecule has 0 unspecified atom stereocenters. The van der Waals surface area contributed by atoms with Crippen LogP contribution < -0.4 is 10.9 Å². The van der Waals surface area contributed by atoms with E-state index in [4.69, 9.17) is 4.98 Å². The van der Waals surface area contributed by atoms with E-state index in [9.17, 15) is 19.1 Å². The summed E-state index contributed by atoms with van der Waals surface area (Å²) in [5.74, 6) is -0.389. The Bertz CT molecular complexity index is 1890. The van der Waals surface area contributed by atoms with Gasteiger partial charge < -0.3 is 9.67 Å². The molecule has 5 aromatic rings. The van der Waals surface area contributed by atoms with E-state index in [1.807, 2.05) is 51.1 Å². The SMILES string of the molecule is Cn1cnc(C(=O)NNc2nccc3nc(-c4ccc(C5(N(C(=O)O)C(C)(C)C)CCC5)cc4)c(-c4ccc(F)cc4)cc23)c1. The number of aromatic nitrogens is 4. The van der Waals surface area contributed by atoms with Crippen LogP contribution >= 0.6 is 0 Å². The van der Waals surface area contributed by atoms with Crippen LogP contribution in [0, 0.1) is 5.82 Å². The molecular weight excluding hydrogens is 573 g/mol. The normalized spacial score (nSPS) is 14.1. The second-order valence-corrected chi connectivity index (χ2v) is 12.4. The first-order valence-corrected chi connectivity index (χ1v) is 14.7. The Balaban J connectivity index is 1.41. The van der Waals surface area contributed by atoms with Gasteiger partial charge in [-0.05, 0) is 75.4 Å². The number of carboxylic acid groups (broad SMARTS) is 1. The van der Waals surface area contributed by atoms with E-state index in [-0.39, 0.29) is 11.5 Å². The van der Waals surface area contributed by atoms with Crippen molar-refractivity contribution in [3.8, 4) is 22.4 Å². The third-order valence-corrected chi connectivity index (χ3v) is 8.30. The number of hydrogen-bond acceptors (Lipinski definition) is 6. The molecule has 3 heterocycles. The fraction of sp³-hybridized carbons (Fsp3) is 0.265. The van der Waals surface area contributed by atoms with Crippen LogP contribution in [-0.4, -0.2) is 47.1 Å². The molecule has 3 aromatic heterocycles. The van der Waals surface area contributed by atoms with Gasteiger partial charge in [0.25, 0.3) is 5.91 Å². The minimum atomic E-state index is -0.935. The number of hydrazine groups is 1. The molecule has 1 saturated carbocycles. The fourth-order valence-corrected chi connectivity index (χ4v) is 6.18. The van der Waals surface area contributed by atoms with E-state index in [0.29, 0.717) is 22.4 Å². The number of carbonyl (C=O) groups excluding carboxylic acids is 1. The van der Waals surface area contributed by atoms with Crippen molar-refractivity contribution in [3.63, 3.8) is 0 Å². The standard InChI is InChI=1S/C34H34FN7O3/c1-33(2,3)42(32(44)45)34(15-5-16-34)23-10-6-22(7-11-23)29-25(21-8-12-24(35)13-9-21)18-26-27(38-29)14-17-36-30(26)39-40-31(43)28-19-41(4)20-37-28/h6-14,17-20H,5,15-16H2,1-4H3,(H,36,39)(H,40,43)(H,44,45). The van der Waals surface area contributed by atoms with Crippen molar-refractivity contribution >= 4 is 28.7 Å². The lowest BCUT2D eigenvalue weighted by Gasteiger charge is -2.54. The summed E-state index contributed by atoms with van der Waals surface area (Å²) < 4.78 is 15.6. The van der Waals surface area contributed by atoms with Gasteiger partial charge in [-0.1, -0.05) is 36.4 Å². The van der Waals surface area contributed by atoms with Crippen molar-refractivity contribution in [3.05, 3.63) is 96.5 Å². The van der Waals surface area contributed by atoms with Crippen molar-refractivity contribution in [2.45, 2.75) is 51.1 Å². The highest BCUT2D eigenvalue weighted by Crippen LogP contribution is 2.50. The number of imidazole rings is 1. The summed E-state index contributed by atoms with van der Waals surface area (Å²) in [6, 6.07) is 17.8. The molecule has 1 fully saturated rings. The summed E-state index contributed by atoms with van der Waals surface area (Å²) in [5, 5.41) is 10.8. The Kier molecular flexibility index (Phi) is 7.47. The first-order chi connectivity index (χ1) is 21.5. The number of carbonyl (C=O) groups is 2. The molecule has 230 valence electrons. The molecule has 11 heteroatoms. The zero-order chi connectivity index (χ0) is 31.9. The topological polar surface area (TPSA) is 125 Å². The first kappa shape index (κ1) is 29.7. The molecule has 2 aromatic carbocycles. The second-order valence-electron chi connectivity index (χ2n) is 12.4. The maximum Gasteiger partial charge on any atom is 0.408 e. The summed E-state index contributed by atoms with van der Waals surface area (Å²) in [6.07, 6.45) is 6.27. The number of fused-ring (bicyclic) bond motifs is 1. The van der Waals surface area contributed by atoms with Crippen LogP contribution in [0.5, 0.6) is 0 Å². The van der Waals surface area contributed by atoms with Gasteiger partial charge in [0.2, 0.25) is 0 Å². The molecule has 0 bridgehead atoms. The molecule has 3 N–H and O–H groups in total. The number of benzene rings is 2. The van der Waals surface area contributed by atoms with Crippen LogP contribution in [0.4, 0.5) is 15.0 Å². The summed E-state index contributed by atoms with van der Waals surface area (Å²) in [4.78, 5) is 40.2. The van der Waals surface area contributed by atoms with Gasteiger partial charge in [-0.3, -0.25) is 20.5 Å². The van der Waals surface area contributed by atoms with Gasteiger partial charge in [0.15, 0.2) is 5.82 Å². The summed E-state index contributed by atoms with van der Waals surface area (Å²) in [5.41, 5.74) is 9.18. The lowest BCUT2D eigenvalue weighted by molar-refractivity contribution is -0.0328. The van der Waals surface area contributed by atoms with Crippen molar-refractivity contribution < 1.29 is 19.1 Å². The smallest absolute Gasteiger partial charge is 0.408 e. The zero-order valence-corrected chi connectivity index (χ0v) is 25.5. The van der Waals surface area contributed by atoms with Gasteiger partial charge >= 0.3 is 6.09 Å². The Hall–Kier alpha value is -5.32. The number of amides is 2. The highest BCUT2D eigenvalue weighted by Gasteiger charge is 2.50. The van der Waals surface area contributed by atoms with Crippen LogP contribution in [0.25, 0.3) is 33.3 Å². The number of pyridine rings is 2. The maximum atomic E-state index is 13.9. The van der Waals surface area contributed by atoms with Crippen molar-refractivity contribution in [1.29, 1.82) is 0 Å². The number of nitrogens with one attached hydrogen (secondary N) is 2. The number of anilines is 1. The van der Waals surface area contributed by atoms with Crippen LogP contribution in [0.2, 0.25) is 0 Å². The highest BCUT2D eigenvalue weighted by atomic mass is 19.1. The molecule has 45 heavy (non-hydrogen) atoms.